The average Bonchev–Trinajstić information content (AvgIpc) is 2.73. The Bertz CT molecular complexity index is 585. The van der Waals surface area contributed by atoms with E-state index in [1.54, 1.807) is 0 Å². The summed E-state index contributed by atoms with van der Waals surface area (Å²) in [4.78, 5) is 9.26. The molecule has 2 rings (SSSR count). The molecule has 0 unspecified atom stereocenters. The van der Waals surface area contributed by atoms with Crippen molar-refractivity contribution in [2.75, 3.05) is 11.9 Å². The molecule has 19 heavy (non-hydrogen) atoms. The van der Waals surface area contributed by atoms with E-state index in [1.807, 2.05) is 17.7 Å². The molecule has 0 amide bonds. The summed E-state index contributed by atoms with van der Waals surface area (Å²) in [5.74, 6) is 1.73. The molecule has 1 N–H and O–H groups in total. The number of rotatable bonds is 6. The van der Waals surface area contributed by atoms with Gasteiger partial charge in [-0.3, -0.25) is 4.68 Å². The molecule has 0 radical (unpaired) electrons. The summed E-state index contributed by atoms with van der Waals surface area (Å²) in [5.41, 5.74) is 2.90. The number of hydrogen-bond acceptors (Lipinski definition) is 4. The second-order valence-corrected chi connectivity index (χ2v) is 4.51. The molecule has 5 heteroatoms. The van der Waals surface area contributed by atoms with E-state index in [4.69, 9.17) is 0 Å². The van der Waals surface area contributed by atoms with Crippen molar-refractivity contribution in [3.8, 4) is 0 Å². The summed E-state index contributed by atoms with van der Waals surface area (Å²) in [6.45, 7) is 11.4. The Morgan fingerprint density at radius 1 is 1.32 bits per heavy atom. The van der Waals surface area contributed by atoms with Gasteiger partial charge in [0, 0.05) is 19.5 Å². The van der Waals surface area contributed by atoms with Crippen molar-refractivity contribution < 1.29 is 0 Å². The van der Waals surface area contributed by atoms with Crippen LogP contribution in [0.25, 0.3) is 11.0 Å². The zero-order chi connectivity index (χ0) is 13.8. The van der Waals surface area contributed by atoms with E-state index < -0.39 is 0 Å². The molecule has 0 spiro atoms. The van der Waals surface area contributed by atoms with E-state index in [0.29, 0.717) is 6.54 Å². The van der Waals surface area contributed by atoms with Crippen LogP contribution in [0.2, 0.25) is 0 Å². The molecule has 0 aliphatic carbocycles. The number of anilines is 1. The van der Waals surface area contributed by atoms with Gasteiger partial charge in [-0.1, -0.05) is 13.0 Å². The van der Waals surface area contributed by atoms with Crippen LogP contribution in [0.3, 0.4) is 0 Å². The van der Waals surface area contributed by atoms with Crippen molar-refractivity contribution >= 4 is 16.9 Å². The lowest BCUT2D eigenvalue weighted by molar-refractivity contribution is 0.675. The SMILES string of the molecule is C=CCNc1nc(CCC)nc2c(C)nn(CC)c12. The van der Waals surface area contributed by atoms with Crippen molar-refractivity contribution in [1.29, 1.82) is 0 Å². The first-order chi connectivity index (χ1) is 9.21. The number of aromatic nitrogens is 4. The van der Waals surface area contributed by atoms with Gasteiger partial charge in [0.15, 0.2) is 5.82 Å². The quantitative estimate of drug-likeness (QED) is 0.810. The fourth-order valence-corrected chi connectivity index (χ4v) is 2.13. The minimum absolute atomic E-state index is 0.686. The van der Waals surface area contributed by atoms with E-state index in [1.165, 1.54) is 0 Å². The highest BCUT2D eigenvalue weighted by Gasteiger charge is 2.15. The van der Waals surface area contributed by atoms with Crippen molar-refractivity contribution in [2.24, 2.45) is 0 Å². The highest BCUT2D eigenvalue weighted by Crippen LogP contribution is 2.23. The molecule has 0 aliphatic heterocycles. The summed E-state index contributed by atoms with van der Waals surface area (Å²) < 4.78 is 1.95. The van der Waals surface area contributed by atoms with Gasteiger partial charge < -0.3 is 5.32 Å². The van der Waals surface area contributed by atoms with Gasteiger partial charge in [-0.05, 0) is 20.3 Å². The average molecular weight is 259 g/mol. The number of fused-ring (bicyclic) bond motifs is 1. The van der Waals surface area contributed by atoms with Crippen LogP contribution in [-0.2, 0) is 13.0 Å². The van der Waals surface area contributed by atoms with Crippen LogP contribution in [-0.4, -0.2) is 26.3 Å². The largest absolute Gasteiger partial charge is 0.365 e. The lowest BCUT2D eigenvalue weighted by Crippen LogP contribution is -2.07. The second kappa shape index (κ2) is 5.82. The summed E-state index contributed by atoms with van der Waals surface area (Å²) in [6.07, 6.45) is 3.75. The van der Waals surface area contributed by atoms with Crippen molar-refractivity contribution in [3.05, 3.63) is 24.2 Å². The van der Waals surface area contributed by atoms with Crippen LogP contribution in [0.5, 0.6) is 0 Å². The first-order valence-corrected chi connectivity index (χ1v) is 6.80. The molecule has 102 valence electrons. The van der Waals surface area contributed by atoms with Crippen LogP contribution in [0.1, 0.15) is 31.8 Å². The molecule has 2 aromatic heterocycles. The predicted molar refractivity (Wildman–Crippen MR) is 78.4 cm³/mol. The van der Waals surface area contributed by atoms with Crippen molar-refractivity contribution in [2.45, 2.75) is 40.2 Å². The van der Waals surface area contributed by atoms with Gasteiger partial charge in [0.25, 0.3) is 0 Å². The fourth-order valence-electron chi connectivity index (χ4n) is 2.13. The molecule has 0 aromatic carbocycles. The van der Waals surface area contributed by atoms with Gasteiger partial charge >= 0.3 is 0 Å². The molecule has 0 aliphatic rings. The Balaban J connectivity index is 2.61. The first kappa shape index (κ1) is 13.5. The van der Waals surface area contributed by atoms with Gasteiger partial charge in [0.1, 0.15) is 16.9 Å². The smallest absolute Gasteiger partial charge is 0.156 e. The van der Waals surface area contributed by atoms with E-state index in [-0.39, 0.29) is 0 Å². The topological polar surface area (TPSA) is 55.6 Å². The highest BCUT2D eigenvalue weighted by molar-refractivity contribution is 5.87. The summed E-state index contributed by atoms with van der Waals surface area (Å²) in [7, 11) is 0. The normalized spacial score (nSPS) is 10.9. The third-order valence-electron chi connectivity index (χ3n) is 2.99. The molecule has 2 heterocycles. The maximum absolute atomic E-state index is 4.64. The Kier molecular flexibility index (Phi) is 4.14. The lowest BCUT2D eigenvalue weighted by Gasteiger charge is -2.08. The van der Waals surface area contributed by atoms with E-state index in [2.05, 4.69) is 40.8 Å². The summed E-state index contributed by atoms with van der Waals surface area (Å²) in [6, 6.07) is 0. The Hall–Kier alpha value is -1.91. The third-order valence-corrected chi connectivity index (χ3v) is 2.99. The maximum atomic E-state index is 4.64. The van der Waals surface area contributed by atoms with Gasteiger partial charge in [0.2, 0.25) is 0 Å². The molecular weight excluding hydrogens is 238 g/mol. The third kappa shape index (κ3) is 2.59. The Morgan fingerprint density at radius 3 is 2.74 bits per heavy atom. The van der Waals surface area contributed by atoms with Gasteiger partial charge in [-0.25, -0.2) is 9.97 Å². The number of hydrogen-bond donors (Lipinski definition) is 1. The van der Waals surface area contributed by atoms with E-state index in [9.17, 15) is 0 Å². The van der Waals surface area contributed by atoms with Crippen molar-refractivity contribution in [3.63, 3.8) is 0 Å². The zero-order valence-corrected chi connectivity index (χ0v) is 11.9. The van der Waals surface area contributed by atoms with Crippen LogP contribution in [0.4, 0.5) is 5.82 Å². The van der Waals surface area contributed by atoms with E-state index >= 15 is 0 Å². The maximum Gasteiger partial charge on any atom is 0.156 e. The monoisotopic (exact) mass is 259 g/mol. The molecule has 0 fully saturated rings. The van der Waals surface area contributed by atoms with Gasteiger partial charge in [-0.2, -0.15) is 5.10 Å². The molecule has 0 saturated heterocycles. The first-order valence-electron chi connectivity index (χ1n) is 6.80. The molecule has 2 aromatic rings. The van der Waals surface area contributed by atoms with Gasteiger partial charge in [-0.15, -0.1) is 6.58 Å². The fraction of sp³-hybridized carbons (Fsp3) is 0.500. The molecule has 0 atom stereocenters. The molecular formula is C14H21N5. The minimum Gasteiger partial charge on any atom is -0.365 e. The van der Waals surface area contributed by atoms with Gasteiger partial charge in [0.05, 0.1) is 5.69 Å². The van der Waals surface area contributed by atoms with Crippen LogP contribution >= 0.6 is 0 Å². The summed E-state index contributed by atoms with van der Waals surface area (Å²) in [5, 5.41) is 7.82. The van der Waals surface area contributed by atoms with Crippen LogP contribution in [0, 0.1) is 6.92 Å². The Labute approximate surface area is 113 Å². The zero-order valence-electron chi connectivity index (χ0n) is 11.9. The number of aryl methyl sites for hydroxylation is 3. The predicted octanol–water partition coefficient (Wildman–Crippen LogP) is 2.71. The van der Waals surface area contributed by atoms with Crippen molar-refractivity contribution in [1.82, 2.24) is 19.7 Å². The van der Waals surface area contributed by atoms with Crippen LogP contribution in [0.15, 0.2) is 12.7 Å². The molecule has 0 bridgehead atoms. The lowest BCUT2D eigenvalue weighted by atomic mass is 10.3. The number of nitrogens with zero attached hydrogens (tertiary/aromatic N) is 4. The minimum atomic E-state index is 0.686. The summed E-state index contributed by atoms with van der Waals surface area (Å²) >= 11 is 0. The number of nitrogens with one attached hydrogen (secondary N) is 1. The molecule has 5 nitrogen and oxygen atoms in total. The highest BCUT2D eigenvalue weighted by atomic mass is 15.3. The standard InChI is InChI=1S/C14H21N5/c1-5-8-11-16-12-10(4)18-19(7-3)13(12)14(17-11)15-9-6-2/h6H,2,5,7-9H2,1,3-4H3,(H,15,16,17). The van der Waals surface area contributed by atoms with Crippen LogP contribution < -0.4 is 5.32 Å². The molecule has 0 saturated carbocycles. The Morgan fingerprint density at radius 2 is 2.11 bits per heavy atom. The van der Waals surface area contributed by atoms with E-state index in [0.717, 1.165) is 47.8 Å². The second-order valence-electron chi connectivity index (χ2n) is 4.51.